The Hall–Kier alpha value is -3.67. The number of alkyl halides is 2. The van der Waals surface area contributed by atoms with Gasteiger partial charge in [-0.25, -0.2) is 13.8 Å². The molecule has 0 unspecified atom stereocenters. The van der Waals surface area contributed by atoms with Gasteiger partial charge in [-0.2, -0.15) is 9.97 Å². The quantitative estimate of drug-likeness (QED) is 0.415. The summed E-state index contributed by atoms with van der Waals surface area (Å²) < 4.78 is 35.0. The van der Waals surface area contributed by atoms with Crippen molar-refractivity contribution in [3.8, 4) is 5.82 Å². The number of aromatic nitrogens is 4. The van der Waals surface area contributed by atoms with E-state index in [0.29, 0.717) is 61.3 Å². The summed E-state index contributed by atoms with van der Waals surface area (Å²) in [7, 11) is 3.36. The molecule has 2 aliphatic rings. The average Bonchev–Trinajstić information content (AvgIpc) is 3.31. The minimum atomic E-state index is -2.78. The molecule has 39 heavy (non-hydrogen) atoms. The van der Waals surface area contributed by atoms with Gasteiger partial charge in [0.25, 0.3) is 6.43 Å². The third-order valence-electron chi connectivity index (χ3n) is 7.23. The Bertz CT molecular complexity index is 1330. The van der Waals surface area contributed by atoms with Crippen molar-refractivity contribution in [1.82, 2.24) is 24.4 Å². The molecule has 1 aromatic carbocycles. The molecule has 1 N–H and O–H groups in total. The highest BCUT2D eigenvalue weighted by Gasteiger charge is 2.32. The van der Waals surface area contributed by atoms with Crippen LogP contribution in [0.15, 0.2) is 30.3 Å². The van der Waals surface area contributed by atoms with E-state index in [9.17, 15) is 18.4 Å². The average molecular weight is 542 g/mol. The van der Waals surface area contributed by atoms with Crippen LogP contribution in [0.2, 0.25) is 0 Å². The molecule has 3 heterocycles. The largest absolute Gasteiger partial charge is 0.378 e. The third-order valence-corrected chi connectivity index (χ3v) is 7.23. The number of morpholine rings is 1. The van der Waals surface area contributed by atoms with Crippen molar-refractivity contribution in [1.29, 1.82) is 0 Å². The van der Waals surface area contributed by atoms with Gasteiger partial charge in [-0.3, -0.25) is 14.2 Å². The number of anilines is 2. The molecule has 0 bridgehead atoms. The van der Waals surface area contributed by atoms with Gasteiger partial charge in [0.2, 0.25) is 11.9 Å². The number of rotatable bonds is 10. The molecule has 5 rings (SSSR count). The zero-order chi connectivity index (χ0) is 27.5. The van der Waals surface area contributed by atoms with Gasteiger partial charge in [-0.15, -0.1) is 0 Å². The number of imidazole rings is 1. The van der Waals surface area contributed by atoms with Gasteiger partial charge in [-0.05, 0) is 30.9 Å². The summed E-state index contributed by atoms with van der Waals surface area (Å²) >= 11 is 0. The summed E-state index contributed by atoms with van der Waals surface area (Å²) in [5, 5.41) is 3.42. The van der Waals surface area contributed by atoms with Crippen molar-refractivity contribution in [2.24, 2.45) is 5.92 Å². The number of hydrogen-bond acceptors (Lipinski definition) is 8. The van der Waals surface area contributed by atoms with Crippen LogP contribution in [0.25, 0.3) is 16.9 Å². The second-order valence-electron chi connectivity index (χ2n) is 10.3. The van der Waals surface area contributed by atoms with Crippen LogP contribution in [0.3, 0.4) is 0 Å². The number of hydrogen-bond donors (Lipinski definition) is 1. The molecule has 3 aromatic rings. The van der Waals surface area contributed by atoms with E-state index in [2.05, 4.69) is 15.3 Å². The topological polar surface area (TPSA) is 105 Å². The third kappa shape index (κ3) is 6.16. The fraction of sp³-hybridized carbons (Fsp3) is 0.519. The number of fused-ring (bicyclic) bond motifs is 1. The minimum Gasteiger partial charge on any atom is -0.378 e. The van der Waals surface area contributed by atoms with Crippen molar-refractivity contribution in [2.45, 2.75) is 44.6 Å². The van der Waals surface area contributed by atoms with Crippen LogP contribution in [0.5, 0.6) is 0 Å². The van der Waals surface area contributed by atoms with Gasteiger partial charge in [0.1, 0.15) is 17.4 Å². The van der Waals surface area contributed by atoms with Crippen LogP contribution in [0.4, 0.5) is 20.5 Å². The Labute approximate surface area is 225 Å². The highest BCUT2D eigenvalue weighted by molar-refractivity contribution is 5.85. The number of nitrogens with one attached hydrogen (secondary N) is 1. The van der Waals surface area contributed by atoms with Gasteiger partial charge in [0, 0.05) is 58.6 Å². The smallest absolute Gasteiger partial charge is 0.296 e. The van der Waals surface area contributed by atoms with Crippen LogP contribution in [-0.4, -0.2) is 82.5 Å². The Morgan fingerprint density at radius 3 is 2.56 bits per heavy atom. The van der Waals surface area contributed by atoms with Crippen LogP contribution in [0, 0.1) is 5.92 Å². The fourth-order valence-electron chi connectivity index (χ4n) is 5.07. The SMILES string of the molecule is CN(C)C(=O)CCC(=O)CC1CC(Nc2cc(-n3c(C(F)F)nc4ccccc43)nc(N3CCOCC3)n2)C1. The van der Waals surface area contributed by atoms with Crippen molar-refractivity contribution >= 4 is 34.5 Å². The molecule has 1 saturated carbocycles. The molecule has 2 fully saturated rings. The molecule has 0 radical (unpaired) electrons. The number of amides is 1. The number of carbonyl (C=O) groups is 2. The zero-order valence-corrected chi connectivity index (χ0v) is 22.1. The summed E-state index contributed by atoms with van der Waals surface area (Å²) in [6.07, 6.45) is -0.265. The molecular formula is C27H33F2N7O3. The molecule has 1 saturated heterocycles. The Morgan fingerprint density at radius 2 is 1.85 bits per heavy atom. The molecule has 12 heteroatoms. The van der Waals surface area contributed by atoms with E-state index >= 15 is 0 Å². The van der Waals surface area contributed by atoms with Gasteiger partial charge < -0.3 is 19.9 Å². The van der Waals surface area contributed by atoms with E-state index in [1.165, 1.54) is 9.47 Å². The normalized spacial score (nSPS) is 19.3. The Morgan fingerprint density at radius 1 is 1.10 bits per heavy atom. The number of Topliss-reactive ketones (excluding diaryl/α,β-unsaturated/α-hetero) is 1. The van der Waals surface area contributed by atoms with Crippen LogP contribution in [-0.2, 0) is 14.3 Å². The predicted molar refractivity (Wildman–Crippen MR) is 142 cm³/mol. The van der Waals surface area contributed by atoms with Gasteiger partial charge in [-0.1, -0.05) is 12.1 Å². The Balaban J connectivity index is 1.34. The fourth-order valence-corrected chi connectivity index (χ4v) is 5.07. The number of nitrogens with zero attached hydrogens (tertiary/aromatic N) is 6. The van der Waals surface area contributed by atoms with Gasteiger partial charge in [0.05, 0.1) is 24.2 Å². The second-order valence-corrected chi connectivity index (χ2v) is 10.3. The summed E-state index contributed by atoms with van der Waals surface area (Å²) in [6, 6.07) is 8.77. The van der Waals surface area contributed by atoms with E-state index < -0.39 is 6.43 Å². The van der Waals surface area contributed by atoms with E-state index in [0.717, 1.165) is 12.8 Å². The minimum absolute atomic E-state index is 0.0483. The summed E-state index contributed by atoms with van der Waals surface area (Å²) in [4.78, 5) is 41.1. The van der Waals surface area contributed by atoms with E-state index in [-0.39, 0.29) is 42.3 Å². The lowest BCUT2D eigenvalue weighted by Gasteiger charge is -2.36. The number of halogens is 2. The number of ketones is 1. The van der Waals surface area contributed by atoms with Crippen LogP contribution >= 0.6 is 0 Å². The van der Waals surface area contributed by atoms with Crippen LogP contribution < -0.4 is 10.2 Å². The first-order chi connectivity index (χ1) is 18.8. The van der Waals surface area contributed by atoms with Crippen molar-refractivity contribution in [2.75, 3.05) is 50.6 Å². The standard InChI is InChI=1S/C27H33F2N7O3/c1-34(2)24(38)8-7-19(37)15-17-13-18(14-17)30-22-16-23(33-27(32-22)35-9-11-39-12-10-35)36-21-6-4-3-5-20(21)31-26(36)25(28)29/h3-6,16-18,25H,7-15H2,1-2H3,(H,30,32,33). The summed E-state index contributed by atoms with van der Waals surface area (Å²) in [6.45, 7) is 2.26. The monoisotopic (exact) mass is 541 g/mol. The molecule has 10 nitrogen and oxygen atoms in total. The molecule has 0 atom stereocenters. The van der Waals surface area contributed by atoms with E-state index in [4.69, 9.17) is 9.72 Å². The first kappa shape index (κ1) is 26.9. The first-order valence-corrected chi connectivity index (χ1v) is 13.2. The number of para-hydroxylation sites is 2. The van der Waals surface area contributed by atoms with Crippen molar-refractivity contribution < 1.29 is 23.1 Å². The van der Waals surface area contributed by atoms with Crippen molar-refractivity contribution in [3.63, 3.8) is 0 Å². The molecule has 1 aliphatic carbocycles. The second kappa shape index (κ2) is 11.6. The molecule has 0 spiro atoms. The lowest BCUT2D eigenvalue weighted by molar-refractivity contribution is -0.131. The molecule has 2 aromatic heterocycles. The summed E-state index contributed by atoms with van der Waals surface area (Å²) in [5.74, 6) is 1.21. The molecular weight excluding hydrogens is 508 g/mol. The van der Waals surface area contributed by atoms with E-state index in [1.54, 1.807) is 44.4 Å². The van der Waals surface area contributed by atoms with Gasteiger partial charge in [0.15, 0.2) is 5.82 Å². The maximum Gasteiger partial charge on any atom is 0.296 e. The highest BCUT2D eigenvalue weighted by Crippen LogP contribution is 2.34. The first-order valence-electron chi connectivity index (χ1n) is 13.2. The number of carbonyl (C=O) groups excluding carboxylic acids is 2. The highest BCUT2D eigenvalue weighted by atomic mass is 19.3. The summed E-state index contributed by atoms with van der Waals surface area (Å²) in [5.41, 5.74) is 1.01. The molecule has 1 amide bonds. The maximum absolute atomic E-state index is 14.0. The number of benzene rings is 1. The number of ether oxygens (including phenoxy) is 1. The van der Waals surface area contributed by atoms with Crippen molar-refractivity contribution in [3.05, 3.63) is 36.2 Å². The Kier molecular flexibility index (Phi) is 8.01. The molecule has 208 valence electrons. The van der Waals surface area contributed by atoms with E-state index in [1.807, 2.05) is 4.90 Å². The van der Waals surface area contributed by atoms with Gasteiger partial charge >= 0.3 is 0 Å². The zero-order valence-electron chi connectivity index (χ0n) is 22.1. The predicted octanol–water partition coefficient (Wildman–Crippen LogP) is 3.61. The molecule has 1 aliphatic heterocycles. The lowest BCUT2D eigenvalue weighted by Crippen LogP contribution is -2.39. The lowest BCUT2D eigenvalue weighted by atomic mass is 9.77. The van der Waals surface area contributed by atoms with Crippen LogP contribution in [0.1, 0.15) is 44.4 Å². The maximum atomic E-state index is 14.0.